The molecule has 0 spiro atoms. The van der Waals surface area contributed by atoms with Crippen LogP contribution in [-0.4, -0.2) is 24.9 Å². The number of carbonyl (C=O) groups excluding carboxylic acids is 1. The first-order chi connectivity index (χ1) is 7.09. The maximum Gasteiger partial charge on any atom is 0.253 e. The molecule has 1 atom stereocenters. The third-order valence-corrected chi connectivity index (χ3v) is 2.92. The first-order valence-electron chi connectivity index (χ1n) is 5.19. The zero-order valence-corrected chi connectivity index (χ0v) is 9.16. The number of rotatable bonds is 1. The molecule has 0 bridgehead atoms. The number of benzene rings is 1. The highest BCUT2D eigenvalue weighted by Crippen LogP contribution is 2.29. The van der Waals surface area contributed by atoms with E-state index in [2.05, 4.69) is 0 Å². The van der Waals surface area contributed by atoms with E-state index in [1.54, 1.807) is 19.0 Å². The number of carbonyl (C=O) groups is 1. The largest absolute Gasteiger partial charge is 0.345 e. The number of nitrogens with two attached hydrogens (primary N) is 1. The van der Waals surface area contributed by atoms with Crippen LogP contribution in [0.15, 0.2) is 18.2 Å². The van der Waals surface area contributed by atoms with E-state index in [4.69, 9.17) is 5.73 Å². The Labute approximate surface area is 89.9 Å². The summed E-state index contributed by atoms with van der Waals surface area (Å²) in [7, 11) is 3.52. The second kappa shape index (κ2) is 3.66. The lowest BCUT2D eigenvalue weighted by atomic mass is 10.0. The minimum absolute atomic E-state index is 0.0388. The SMILES string of the molecule is CN(C)C(=O)c1ccc2c(c1)C(N)CC2. The summed E-state index contributed by atoms with van der Waals surface area (Å²) in [6.45, 7) is 0. The Bertz CT molecular complexity index is 399. The van der Waals surface area contributed by atoms with E-state index in [0.29, 0.717) is 0 Å². The normalized spacial score (nSPS) is 18.7. The number of amides is 1. The Kier molecular flexibility index (Phi) is 2.49. The van der Waals surface area contributed by atoms with Gasteiger partial charge in [0.15, 0.2) is 0 Å². The van der Waals surface area contributed by atoms with Crippen LogP contribution < -0.4 is 5.73 Å². The summed E-state index contributed by atoms with van der Waals surface area (Å²) in [5.74, 6) is 0.0388. The van der Waals surface area contributed by atoms with Gasteiger partial charge in [-0.1, -0.05) is 6.07 Å². The molecule has 3 nitrogen and oxygen atoms in total. The highest BCUT2D eigenvalue weighted by molar-refractivity contribution is 5.94. The van der Waals surface area contributed by atoms with Gasteiger partial charge in [-0.25, -0.2) is 0 Å². The minimum atomic E-state index is 0.0388. The van der Waals surface area contributed by atoms with E-state index in [1.165, 1.54) is 5.56 Å². The molecule has 3 heteroatoms. The van der Waals surface area contributed by atoms with Crippen LogP contribution in [0.5, 0.6) is 0 Å². The molecular weight excluding hydrogens is 188 g/mol. The molecule has 1 aromatic carbocycles. The fourth-order valence-corrected chi connectivity index (χ4v) is 2.03. The number of aryl methyl sites for hydroxylation is 1. The highest BCUT2D eigenvalue weighted by Gasteiger charge is 2.20. The quantitative estimate of drug-likeness (QED) is 0.750. The van der Waals surface area contributed by atoms with Gasteiger partial charge in [0, 0.05) is 25.7 Å². The Morgan fingerprint density at radius 3 is 2.87 bits per heavy atom. The molecule has 1 unspecified atom stereocenters. The van der Waals surface area contributed by atoms with Crippen LogP contribution in [0.2, 0.25) is 0 Å². The molecule has 0 radical (unpaired) electrons. The van der Waals surface area contributed by atoms with Crippen LogP contribution in [-0.2, 0) is 6.42 Å². The first-order valence-corrected chi connectivity index (χ1v) is 5.19. The summed E-state index contributed by atoms with van der Waals surface area (Å²) in [6, 6.07) is 5.96. The average molecular weight is 204 g/mol. The van der Waals surface area contributed by atoms with Crippen LogP contribution in [0.25, 0.3) is 0 Å². The smallest absolute Gasteiger partial charge is 0.253 e. The molecule has 80 valence electrons. The van der Waals surface area contributed by atoms with Crippen molar-refractivity contribution in [3.63, 3.8) is 0 Å². The van der Waals surface area contributed by atoms with Crippen molar-refractivity contribution in [2.24, 2.45) is 5.73 Å². The van der Waals surface area contributed by atoms with Crippen LogP contribution in [0.4, 0.5) is 0 Å². The Morgan fingerprint density at radius 2 is 2.20 bits per heavy atom. The van der Waals surface area contributed by atoms with Gasteiger partial charge in [-0.3, -0.25) is 4.79 Å². The van der Waals surface area contributed by atoms with Crippen molar-refractivity contribution in [2.75, 3.05) is 14.1 Å². The molecule has 15 heavy (non-hydrogen) atoms. The van der Waals surface area contributed by atoms with E-state index in [-0.39, 0.29) is 11.9 Å². The van der Waals surface area contributed by atoms with Gasteiger partial charge >= 0.3 is 0 Å². The predicted molar refractivity (Wildman–Crippen MR) is 59.7 cm³/mol. The molecule has 2 N–H and O–H groups in total. The lowest BCUT2D eigenvalue weighted by molar-refractivity contribution is 0.0827. The Hall–Kier alpha value is -1.35. The van der Waals surface area contributed by atoms with E-state index in [1.807, 2.05) is 18.2 Å². The third kappa shape index (κ3) is 1.75. The first kappa shape index (κ1) is 10.2. The lowest BCUT2D eigenvalue weighted by Crippen LogP contribution is -2.22. The predicted octanol–water partition coefficient (Wildman–Crippen LogP) is 1.33. The summed E-state index contributed by atoms with van der Waals surface area (Å²) in [5.41, 5.74) is 9.13. The van der Waals surface area contributed by atoms with Gasteiger partial charge in [0.25, 0.3) is 5.91 Å². The van der Waals surface area contributed by atoms with Crippen LogP contribution in [0, 0.1) is 0 Å². The maximum atomic E-state index is 11.7. The Balaban J connectivity index is 2.37. The standard InChI is InChI=1S/C12H16N2O/c1-14(2)12(15)9-4-3-8-5-6-11(13)10(8)7-9/h3-4,7,11H,5-6,13H2,1-2H3. The highest BCUT2D eigenvalue weighted by atomic mass is 16.2. The molecule has 2 rings (SSSR count). The maximum absolute atomic E-state index is 11.7. The topological polar surface area (TPSA) is 46.3 Å². The van der Waals surface area contributed by atoms with Gasteiger partial charge in [0.2, 0.25) is 0 Å². The number of nitrogens with zero attached hydrogens (tertiary/aromatic N) is 1. The molecule has 1 aromatic rings. The van der Waals surface area contributed by atoms with E-state index in [9.17, 15) is 4.79 Å². The average Bonchev–Trinajstić information content (AvgIpc) is 2.59. The van der Waals surface area contributed by atoms with Crippen molar-refractivity contribution in [1.29, 1.82) is 0 Å². The fraction of sp³-hybridized carbons (Fsp3) is 0.417. The summed E-state index contributed by atoms with van der Waals surface area (Å²) < 4.78 is 0. The lowest BCUT2D eigenvalue weighted by Gasteiger charge is -2.12. The summed E-state index contributed by atoms with van der Waals surface area (Å²) in [6.07, 6.45) is 2.03. The van der Waals surface area contributed by atoms with E-state index >= 15 is 0 Å². The van der Waals surface area contributed by atoms with Gasteiger partial charge in [0.1, 0.15) is 0 Å². The van der Waals surface area contributed by atoms with Crippen molar-refractivity contribution in [3.8, 4) is 0 Å². The molecule has 0 fully saturated rings. The van der Waals surface area contributed by atoms with Crippen molar-refractivity contribution in [3.05, 3.63) is 34.9 Å². The van der Waals surface area contributed by atoms with Gasteiger partial charge in [0.05, 0.1) is 0 Å². The molecule has 0 heterocycles. The number of fused-ring (bicyclic) bond motifs is 1. The molecule has 0 saturated heterocycles. The van der Waals surface area contributed by atoms with E-state index in [0.717, 1.165) is 24.0 Å². The molecule has 0 saturated carbocycles. The Morgan fingerprint density at radius 1 is 1.47 bits per heavy atom. The van der Waals surface area contributed by atoms with Gasteiger partial charge < -0.3 is 10.6 Å². The second-order valence-electron chi connectivity index (χ2n) is 4.26. The number of hydrogen-bond acceptors (Lipinski definition) is 2. The fourth-order valence-electron chi connectivity index (χ4n) is 2.03. The molecule has 1 amide bonds. The van der Waals surface area contributed by atoms with Gasteiger partial charge in [-0.2, -0.15) is 0 Å². The van der Waals surface area contributed by atoms with Gasteiger partial charge in [-0.05, 0) is 36.1 Å². The van der Waals surface area contributed by atoms with Crippen LogP contribution >= 0.6 is 0 Å². The number of hydrogen-bond donors (Lipinski definition) is 1. The van der Waals surface area contributed by atoms with Crippen molar-refractivity contribution >= 4 is 5.91 Å². The third-order valence-electron chi connectivity index (χ3n) is 2.92. The van der Waals surface area contributed by atoms with E-state index < -0.39 is 0 Å². The van der Waals surface area contributed by atoms with Crippen LogP contribution in [0.3, 0.4) is 0 Å². The van der Waals surface area contributed by atoms with Gasteiger partial charge in [-0.15, -0.1) is 0 Å². The molecule has 1 aliphatic rings. The molecule has 1 aliphatic carbocycles. The molecule has 0 aromatic heterocycles. The molecular formula is C12H16N2O. The van der Waals surface area contributed by atoms with Crippen molar-refractivity contribution < 1.29 is 4.79 Å². The monoisotopic (exact) mass is 204 g/mol. The molecule has 0 aliphatic heterocycles. The summed E-state index contributed by atoms with van der Waals surface area (Å²) in [5, 5.41) is 0. The van der Waals surface area contributed by atoms with Crippen molar-refractivity contribution in [2.45, 2.75) is 18.9 Å². The van der Waals surface area contributed by atoms with Crippen LogP contribution in [0.1, 0.15) is 33.9 Å². The zero-order chi connectivity index (χ0) is 11.0. The zero-order valence-electron chi connectivity index (χ0n) is 9.16. The minimum Gasteiger partial charge on any atom is -0.345 e. The van der Waals surface area contributed by atoms with Crippen molar-refractivity contribution in [1.82, 2.24) is 4.90 Å². The second-order valence-corrected chi connectivity index (χ2v) is 4.26. The summed E-state index contributed by atoms with van der Waals surface area (Å²) >= 11 is 0. The summed E-state index contributed by atoms with van der Waals surface area (Å²) in [4.78, 5) is 13.3.